The molecule has 4 aromatic heterocycles. The van der Waals surface area contributed by atoms with Gasteiger partial charge in [-0.1, -0.05) is 0 Å². The quantitative estimate of drug-likeness (QED) is 0.494. The van der Waals surface area contributed by atoms with Crippen molar-refractivity contribution in [2.75, 3.05) is 20.3 Å². The van der Waals surface area contributed by atoms with E-state index in [9.17, 15) is 4.79 Å². The summed E-state index contributed by atoms with van der Waals surface area (Å²) in [6, 6.07) is 2.11. The third-order valence-corrected chi connectivity index (χ3v) is 6.43. The Morgan fingerprint density at radius 3 is 2.87 bits per heavy atom. The molecule has 1 aliphatic heterocycles. The van der Waals surface area contributed by atoms with Crippen molar-refractivity contribution in [3.8, 4) is 22.3 Å². The summed E-state index contributed by atoms with van der Waals surface area (Å²) < 4.78 is 8.81. The number of amides is 1. The lowest BCUT2D eigenvalue weighted by Gasteiger charge is -2.23. The van der Waals surface area contributed by atoms with Crippen molar-refractivity contribution < 1.29 is 9.53 Å². The maximum absolute atomic E-state index is 13.0. The van der Waals surface area contributed by atoms with Gasteiger partial charge in [-0.05, 0) is 29.9 Å². The molecular weight excluding hydrogens is 400 g/mol. The number of rotatable bonds is 5. The molecule has 5 heterocycles. The average molecular weight is 423 g/mol. The third kappa shape index (κ3) is 3.29. The largest absolute Gasteiger partial charge is 0.383 e. The number of aromatic nitrogens is 5. The lowest BCUT2D eigenvalue weighted by molar-refractivity contribution is 0.0635. The molecule has 0 spiro atoms. The van der Waals surface area contributed by atoms with Crippen molar-refractivity contribution in [2.24, 2.45) is 7.05 Å². The molecule has 5 rings (SSSR count). The number of hydrogen-bond acceptors (Lipinski definition) is 6. The molecule has 4 aromatic rings. The monoisotopic (exact) mass is 422 g/mol. The Morgan fingerprint density at radius 1 is 1.20 bits per heavy atom. The summed E-state index contributed by atoms with van der Waals surface area (Å²) in [6.07, 6.45) is 11.3. The van der Waals surface area contributed by atoms with Crippen LogP contribution in [0.25, 0.3) is 27.9 Å². The molecule has 1 aliphatic rings. The van der Waals surface area contributed by atoms with Crippen LogP contribution in [0.3, 0.4) is 0 Å². The van der Waals surface area contributed by atoms with Crippen LogP contribution in [0.5, 0.6) is 0 Å². The molecule has 0 N–H and O–H groups in total. The maximum atomic E-state index is 13.0. The van der Waals surface area contributed by atoms with Crippen molar-refractivity contribution >= 4 is 22.9 Å². The average Bonchev–Trinajstić information content (AvgIpc) is 3.53. The van der Waals surface area contributed by atoms with Crippen LogP contribution >= 0.6 is 11.3 Å². The minimum Gasteiger partial charge on any atom is -0.383 e. The molecular formula is C21H22N6O2S. The second-order valence-electron chi connectivity index (χ2n) is 7.52. The van der Waals surface area contributed by atoms with Gasteiger partial charge in [-0.15, -0.1) is 11.3 Å². The molecule has 1 amide bonds. The zero-order valence-corrected chi connectivity index (χ0v) is 17.7. The summed E-state index contributed by atoms with van der Waals surface area (Å²) in [5.41, 5.74) is 4.58. The van der Waals surface area contributed by atoms with Gasteiger partial charge < -0.3 is 9.64 Å². The molecule has 1 unspecified atom stereocenters. The van der Waals surface area contributed by atoms with E-state index in [0.717, 1.165) is 52.2 Å². The standard InChI is InChI=1S/C21H22N6O2S/c1-25-10-16(8-23-25)15-7-22-20-18(9-24-27(20)11-15)14-6-19(30-13-14)21(28)26-5-3-4-17(26)12-29-2/h6-11,13,17H,3-5,12H2,1-2H3. The fraction of sp³-hybridized carbons (Fsp3) is 0.333. The maximum Gasteiger partial charge on any atom is 0.264 e. The zero-order valence-electron chi connectivity index (χ0n) is 16.9. The van der Waals surface area contributed by atoms with Gasteiger partial charge in [-0.3, -0.25) is 9.48 Å². The number of fused-ring (bicyclic) bond motifs is 1. The lowest BCUT2D eigenvalue weighted by Crippen LogP contribution is -2.37. The Balaban J connectivity index is 1.42. The number of hydrogen-bond donors (Lipinski definition) is 0. The topological polar surface area (TPSA) is 77.5 Å². The van der Waals surface area contributed by atoms with E-state index in [0.29, 0.717) is 6.61 Å². The molecule has 1 saturated heterocycles. The molecule has 30 heavy (non-hydrogen) atoms. The third-order valence-electron chi connectivity index (χ3n) is 5.51. The number of ether oxygens (including phenoxy) is 1. The van der Waals surface area contributed by atoms with E-state index in [1.807, 2.05) is 42.0 Å². The first kappa shape index (κ1) is 19.0. The highest BCUT2D eigenvalue weighted by Gasteiger charge is 2.30. The summed E-state index contributed by atoms with van der Waals surface area (Å²) >= 11 is 1.47. The number of methoxy groups -OCH3 is 1. The second kappa shape index (κ2) is 7.66. The van der Waals surface area contributed by atoms with E-state index >= 15 is 0 Å². The van der Waals surface area contributed by atoms with Crippen molar-refractivity contribution in [2.45, 2.75) is 18.9 Å². The smallest absolute Gasteiger partial charge is 0.264 e. The molecule has 8 nitrogen and oxygen atoms in total. The predicted molar refractivity (Wildman–Crippen MR) is 114 cm³/mol. The number of nitrogens with zero attached hydrogens (tertiary/aromatic N) is 6. The van der Waals surface area contributed by atoms with Crippen molar-refractivity contribution in [1.82, 2.24) is 29.3 Å². The molecule has 0 aliphatic carbocycles. The molecule has 0 radical (unpaired) electrons. The predicted octanol–water partition coefficient (Wildman–Crippen LogP) is 3.11. The SMILES string of the molecule is COCC1CCCN1C(=O)c1cc(-c2cnn3cc(-c4cnn(C)c4)cnc23)cs1. The van der Waals surface area contributed by atoms with E-state index in [1.54, 1.807) is 28.7 Å². The number of carbonyl (C=O) groups excluding carboxylic acids is 1. The van der Waals surface area contributed by atoms with Gasteiger partial charge in [-0.2, -0.15) is 10.2 Å². The molecule has 1 fully saturated rings. The Bertz CT molecular complexity index is 1210. The van der Waals surface area contributed by atoms with E-state index < -0.39 is 0 Å². The van der Waals surface area contributed by atoms with E-state index in [4.69, 9.17) is 4.74 Å². The Labute approximate surface area is 177 Å². The van der Waals surface area contributed by atoms with Crippen LogP contribution in [0, 0.1) is 0 Å². The number of likely N-dealkylation sites (tertiary alicyclic amines) is 1. The van der Waals surface area contributed by atoms with Crippen LogP contribution in [0.2, 0.25) is 0 Å². The highest BCUT2D eigenvalue weighted by Crippen LogP contribution is 2.31. The van der Waals surface area contributed by atoms with Crippen LogP contribution in [-0.4, -0.2) is 61.5 Å². The molecule has 1 atom stereocenters. The highest BCUT2D eigenvalue weighted by molar-refractivity contribution is 7.12. The minimum atomic E-state index is 0.0779. The van der Waals surface area contributed by atoms with Crippen molar-refractivity contribution in [3.63, 3.8) is 0 Å². The van der Waals surface area contributed by atoms with Crippen molar-refractivity contribution in [3.05, 3.63) is 47.3 Å². The van der Waals surface area contributed by atoms with Gasteiger partial charge in [0.2, 0.25) is 0 Å². The van der Waals surface area contributed by atoms with Gasteiger partial charge in [0.15, 0.2) is 5.65 Å². The first-order valence-electron chi connectivity index (χ1n) is 9.85. The Morgan fingerprint density at radius 2 is 2.07 bits per heavy atom. The fourth-order valence-electron chi connectivity index (χ4n) is 4.00. The first-order valence-corrected chi connectivity index (χ1v) is 10.7. The van der Waals surface area contributed by atoms with Crippen LogP contribution in [0.15, 0.2) is 42.4 Å². The van der Waals surface area contributed by atoms with Crippen LogP contribution in [0.1, 0.15) is 22.5 Å². The van der Waals surface area contributed by atoms with Gasteiger partial charge >= 0.3 is 0 Å². The summed E-state index contributed by atoms with van der Waals surface area (Å²) in [6.45, 7) is 1.37. The molecule has 9 heteroatoms. The Hall–Kier alpha value is -3.04. The van der Waals surface area contributed by atoms with Crippen LogP contribution < -0.4 is 0 Å². The van der Waals surface area contributed by atoms with E-state index in [2.05, 4.69) is 15.2 Å². The molecule has 0 bridgehead atoms. The second-order valence-corrected chi connectivity index (χ2v) is 8.43. The Kier molecular flexibility index (Phi) is 4.84. The molecule has 154 valence electrons. The summed E-state index contributed by atoms with van der Waals surface area (Å²) in [7, 11) is 3.57. The number of aryl methyl sites for hydroxylation is 1. The highest BCUT2D eigenvalue weighted by atomic mass is 32.1. The molecule has 0 saturated carbocycles. The van der Waals surface area contributed by atoms with Gasteiger partial charge in [0, 0.05) is 56.0 Å². The van der Waals surface area contributed by atoms with Gasteiger partial charge in [-0.25, -0.2) is 9.50 Å². The van der Waals surface area contributed by atoms with Gasteiger partial charge in [0.25, 0.3) is 5.91 Å². The lowest BCUT2D eigenvalue weighted by atomic mass is 10.1. The summed E-state index contributed by atoms with van der Waals surface area (Å²) in [5.74, 6) is 0.0779. The fourth-order valence-corrected chi connectivity index (χ4v) is 4.86. The van der Waals surface area contributed by atoms with Crippen LogP contribution in [-0.2, 0) is 11.8 Å². The summed E-state index contributed by atoms with van der Waals surface area (Å²) in [5, 5.41) is 10.7. The number of thiophene rings is 1. The van der Waals surface area contributed by atoms with Crippen LogP contribution in [0.4, 0.5) is 0 Å². The van der Waals surface area contributed by atoms with E-state index in [-0.39, 0.29) is 11.9 Å². The summed E-state index contributed by atoms with van der Waals surface area (Å²) in [4.78, 5) is 20.3. The van der Waals surface area contributed by atoms with Gasteiger partial charge in [0.05, 0.1) is 29.9 Å². The van der Waals surface area contributed by atoms with Gasteiger partial charge in [0.1, 0.15) is 0 Å². The van der Waals surface area contributed by atoms with E-state index in [1.165, 1.54) is 11.3 Å². The molecule has 0 aromatic carbocycles. The van der Waals surface area contributed by atoms with Crippen molar-refractivity contribution in [1.29, 1.82) is 0 Å². The first-order chi connectivity index (χ1) is 14.6. The normalized spacial score (nSPS) is 16.6. The minimum absolute atomic E-state index is 0.0779. The number of carbonyl (C=O) groups is 1. The zero-order chi connectivity index (χ0) is 20.7.